The Bertz CT molecular complexity index is 280. The quantitative estimate of drug-likeness (QED) is 0.684. The molecule has 0 aromatic rings. The average molecular weight is 290 g/mol. The second-order valence-electron chi connectivity index (χ2n) is 3.67. The van der Waals surface area contributed by atoms with Gasteiger partial charge in [0.15, 0.2) is 12.7 Å². The van der Waals surface area contributed by atoms with Crippen molar-refractivity contribution < 1.29 is 19.1 Å². The van der Waals surface area contributed by atoms with Crippen LogP contribution in [0.3, 0.4) is 0 Å². The van der Waals surface area contributed by atoms with Crippen LogP contribution in [-0.2, 0) is 19.1 Å². The summed E-state index contributed by atoms with van der Waals surface area (Å²) in [6.07, 6.45) is 0.270. The number of rotatable bonds is 0. The predicted octanol–water partition coefficient (Wildman–Crippen LogP) is 3.56. The molecule has 0 N–H and O–H groups in total. The van der Waals surface area contributed by atoms with Crippen molar-refractivity contribution in [1.29, 1.82) is 0 Å². The Morgan fingerprint density at radius 1 is 0.850 bits per heavy atom. The van der Waals surface area contributed by atoms with Gasteiger partial charge in [-0.3, -0.25) is 0 Å². The molecule has 0 spiro atoms. The normalized spacial score (nSPS) is 22.8. The van der Waals surface area contributed by atoms with Crippen LogP contribution in [0, 0.1) is 0 Å². The molecular formula is C14H30N2O4. The lowest BCUT2D eigenvalue weighted by atomic mass is 10.4. The third-order valence-corrected chi connectivity index (χ3v) is 1.76. The summed E-state index contributed by atoms with van der Waals surface area (Å²) in [5.41, 5.74) is 0. The Labute approximate surface area is 123 Å². The maximum absolute atomic E-state index is 5.11. The van der Waals surface area contributed by atoms with E-state index in [0.717, 1.165) is 0 Å². The van der Waals surface area contributed by atoms with E-state index in [4.69, 9.17) is 19.1 Å². The van der Waals surface area contributed by atoms with Gasteiger partial charge in [0, 0.05) is 13.8 Å². The lowest BCUT2D eigenvalue weighted by molar-refractivity contribution is 0.000235. The van der Waals surface area contributed by atoms with Gasteiger partial charge in [0.1, 0.15) is 12.7 Å². The van der Waals surface area contributed by atoms with Crippen LogP contribution >= 0.6 is 0 Å². The number of oxime groups is 2. The second kappa shape index (κ2) is 14.0. The summed E-state index contributed by atoms with van der Waals surface area (Å²) in [6, 6.07) is 0. The van der Waals surface area contributed by atoms with Crippen molar-refractivity contribution in [2.45, 2.75) is 67.6 Å². The lowest BCUT2D eigenvalue weighted by Crippen LogP contribution is -2.22. The maximum atomic E-state index is 5.11. The molecule has 0 saturated carbocycles. The van der Waals surface area contributed by atoms with Crippen LogP contribution in [0.2, 0.25) is 0 Å². The van der Waals surface area contributed by atoms with Gasteiger partial charge in [0.05, 0.1) is 0 Å². The van der Waals surface area contributed by atoms with E-state index in [1.807, 2.05) is 41.5 Å². The molecule has 0 radical (unpaired) electrons. The van der Waals surface area contributed by atoms with Crippen LogP contribution in [0.4, 0.5) is 0 Å². The van der Waals surface area contributed by atoms with Gasteiger partial charge in [-0.1, -0.05) is 38.0 Å². The van der Waals surface area contributed by atoms with Crippen LogP contribution in [0.15, 0.2) is 10.3 Å². The molecule has 0 bridgehead atoms. The number of hydrogen-bond acceptors (Lipinski definition) is 6. The molecule has 6 heteroatoms. The minimum Gasteiger partial charge on any atom is -0.475 e. The summed E-state index contributed by atoms with van der Waals surface area (Å²) in [6.45, 7) is 16.6. The van der Waals surface area contributed by atoms with E-state index in [-0.39, 0.29) is 12.2 Å². The average Bonchev–Trinajstić information content (AvgIpc) is 2.47. The predicted molar refractivity (Wildman–Crippen MR) is 81.9 cm³/mol. The van der Waals surface area contributed by atoms with Crippen molar-refractivity contribution in [2.75, 3.05) is 13.2 Å². The first kappa shape index (κ1) is 20.8. The highest BCUT2D eigenvalue weighted by Gasteiger charge is 2.09. The van der Waals surface area contributed by atoms with Crippen LogP contribution < -0.4 is 0 Å². The molecule has 2 heterocycles. The van der Waals surface area contributed by atoms with E-state index in [0.29, 0.717) is 25.0 Å². The number of ether oxygens (including phenoxy) is 2. The number of hydrogen-bond donors (Lipinski definition) is 0. The minimum absolute atomic E-state index is 0.110. The summed E-state index contributed by atoms with van der Waals surface area (Å²) in [5.74, 6) is 1.23. The molecule has 2 atom stereocenters. The van der Waals surface area contributed by atoms with Gasteiger partial charge in [-0.15, -0.1) is 0 Å². The molecule has 120 valence electrons. The van der Waals surface area contributed by atoms with Gasteiger partial charge in [-0.05, 0) is 13.8 Å². The summed E-state index contributed by atoms with van der Waals surface area (Å²) in [7, 11) is 0. The Hall–Kier alpha value is -1.46. The fourth-order valence-corrected chi connectivity index (χ4v) is 1.04. The van der Waals surface area contributed by atoms with Crippen molar-refractivity contribution >= 4 is 11.8 Å². The zero-order valence-electron chi connectivity index (χ0n) is 14.1. The highest BCUT2D eigenvalue weighted by Crippen LogP contribution is 2.00. The van der Waals surface area contributed by atoms with E-state index in [1.165, 1.54) is 0 Å². The van der Waals surface area contributed by atoms with Gasteiger partial charge in [0.25, 0.3) is 0 Å². The van der Waals surface area contributed by atoms with Crippen molar-refractivity contribution in [1.82, 2.24) is 0 Å². The topological polar surface area (TPSA) is 61.6 Å². The van der Waals surface area contributed by atoms with Crippen molar-refractivity contribution in [3.63, 3.8) is 0 Å². The van der Waals surface area contributed by atoms with Crippen LogP contribution in [0.1, 0.15) is 55.4 Å². The van der Waals surface area contributed by atoms with Gasteiger partial charge < -0.3 is 19.1 Å². The molecule has 2 aliphatic rings. The third kappa shape index (κ3) is 11.6. The van der Waals surface area contributed by atoms with E-state index in [1.54, 1.807) is 13.8 Å². The first-order valence-electron chi connectivity index (χ1n) is 7.24. The fraction of sp³-hybridized carbons (Fsp3) is 0.857. The zero-order valence-corrected chi connectivity index (χ0v) is 14.1. The number of nitrogens with zero attached hydrogens (tertiary/aromatic N) is 2. The second-order valence-corrected chi connectivity index (χ2v) is 3.67. The van der Waals surface area contributed by atoms with Gasteiger partial charge in [-0.2, -0.15) is 0 Å². The van der Waals surface area contributed by atoms with E-state index in [2.05, 4.69) is 10.3 Å². The SMILES string of the molecule is CC.CC.CC1=NOC(C)CO1.CC1=NOCC(C)O1. The summed E-state index contributed by atoms with van der Waals surface area (Å²) < 4.78 is 10.1. The molecule has 2 unspecified atom stereocenters. The van der Waals surface area contributed by atoms with Crippen LogP contribution in [-0.4, -0.2) is 37.2 Å². The van der Waals surface area contributed by atoms with Crippen LogP contribution in [0.25, 0.3) is 0 Å². The standard InChI is InChI=1S/2C5H9NO2.2C2H6/c1-4-3-7-6-5(2)8-4;1-4-3-7-5(2)6-8-4;2*1-2/h2*4H,3H2,1-2H3;2*1-2H3. The fourth-order valence-electron chi connectivity index (χ4n) is 1.04. The monoisotopic (exact) mass is 290 g/mol. The molecule has 0 aliphatic carbocycles. The molecule has 0 aromatic heterocycles. The zero-order chi connectivity index (χ0) is 16.0. The van der Waals surface area contributed by atoms with Gasteiger partial charge in [0.2, 0.25) is 11.8 Å². The first-order valence-corrected chi connectivity index (χ1v) is 7.24. The molecule has 20 heavy (non-hydrogen) atoms. The Morgan fingerprint density at radius 2 is 1.45 bits per heavy atom. The highest BCUT2D eigenvalue weighted by molar-refractivity contribution is 5.73. The summed E-state index contributed by atoms with van der Waals surface area (Å²) in [5, 5.41) is 7.18. The summed E-state index contributed by atoms with van der Waals surface area (Å²) in [4.78, 5) is 9.61. The molecule has 0 fully saturated rings. The minimum atomic E-state index is 0.110. The van der Waals surface area contributed by atoms with Gasteiger partial charge >= 0.3 is 0 Å². The summed E-state index contributed by atoms with van der Waals surface area (Å²) >= 11 is 0. The van der Waals surface area contributed by atoms with Gasteiger partial charge in [-0.25, -0.2) is 0 Å². The Balaban J connectivity index is 0. The van der Waals surface area contributed by atoms with Crippen molar-refractivity contribution in [3.8, 4) is 0 Å². The molecular weight excluding hydrogens is 260 g/mol. The lowest BCUT2D eigenvalue weighted by Gasteiger charge is -2.16. The molecule has 2 rings (SSSR count). The Morgan fingerprint density at radius 3 is 1.75 bits per heavy atom. The van der Waals surface area contributed by atoms with E-state index < -0.39 is 0 Å². The first-order chi connectivity index (χ1) is 9.58. The highest BCUT2D eigenvalue weighted by atomic mass is 16.7. The molecule has 6 nitrogen and oxygen atoms in total. The molecule has 0 saturated heterocycles. The maximum Gasteiger partial charge on any atom is 0.222 e. The third-order valence-electron chi connectivity index (χ3n) is 1.76. The molecule has 2 aliphatic heterocycles. The van der Waals surface area contributed by atoms with E-state index in [9.17, 15) is 0 Å². The van der Waals surface area contributed by atoms with Crippen molar-refractivity contribution in [3.05, 3.63) is 0 Å². The smallest absolute Gasteiger partial charge is 0.222 e. The Kier molecular flexibility index (Phi) is 14.6. The van der Waals surface area contributed by atoms with Crippen LogP contribution in [0.5, 0.6) is 0 Å². The molecule has 0 aromatic carbocycles. The van der Waals surface area contributed by atoms with Crippen molar-refractivity contribution in [2.24, 2.45) is 10.3 Å². The largest absolute Gasteiger partial charge is 0.475 e. The molecule has 0 amide bonds. The van der Waals surface area contributed by atoms with E-state index >= 15 is 0 Å².